The fourth-order valence-corrected chi connectivity index (χ4v) is 3.81. The number of hydrogen-bond donors (Lipinski definition) is 0. The summed E-state index contributed by atoms with van der Waals surface area (Å²) >= 11 is 13.1. The van der Waals surface area contributed by atoms with E-state index in [9.17, 15) is 4.79 Å². The number of thiocarbonyl (C=S) groups is 2. The first-order valence-corrected chi connectivity index (χ1v) is 9.27. The highest BCUT2D eigenvalue weighted by atomic mass is 32.2. The number of benzene rings is 1. The molecule has 0 radical (unpaired) electrons. The van der Waals surface area contributed by atoms with Crippen LogP contribution in [0.4, 0.5) is 5.69 Å². The van der Waals surface area contributed by atoms with Crippen molar-refractivity contribution in [3.05, 3.63) is 40.8 Å². The van der Waals surface area contributed by atoms with Crippen molar-refractivity contribution in [1.82, 2.24) is 0 Å². The van der Waals surface area contributed by atoms with Gasteiger partial charge in [-0.3, -0.25) is 4.90 Å². The zero-order valence-corrected chi connectivity index (χ0v) is 15.4. The maximum atomic E-state index is 11.3. The number of hydrogen-bond acceptors (Lipinski definition) is 8. The molecule has 0 saturated carbocycles. The van der Waals surface area contributed by atoms with Gasteiger partial charge in [-0.05, 0) is 24.3 Å². The van der Waals surface area contributed by atoms with Crippen molar-refractivity contribution in [2.75, 3.05) is 16.4 Å². The molecule has 1 aromatic carbocycles. The Morgan fingerprint density at radius 1 is 1.08 bits per heavy atom. The summed E-state index contributed by atoms with van der Waals surface area (Å²) in [6.45, 7) is 0. The molecule has 1 heterocycles. The molecule has 24 heavy (non-hydrogen) atoms. The normalized spacial score (nSPS) is 9.92. The Bertz CT molecular complexity index is 897. The van der Waals surface area contributed by atoms with Gasteiger partial charge in [-0.1, -0.05) is 48.0 Å². The molecule has 0 fully saturated rings. The Kier molecular flexibility index (Phi) is 6.76. The molecule has 5 nitrogen and oxygen atoms in total. The number of rotatable bonds is 3. The van der Waals surface area contributed by atoms with E-state index >= 15 is 0 Å². The third-order valence-electron chi connectivity index (χ3n) is 2.75. The highest BCUT2D eigenvalue weighted by Gasteiger charge is 2.19. The average molecular weight is 392 g/mol. The third-order valence-corrected chi connectivity index (χ3v) is 5.22. The Hall–Kier alpha value is -1.91. The number of nitrogens with zero attached hydrogens (tertiary/aromatic N) is 3. The summed E-state index contributed by atoms with van der Waals surface area (Å²) in [5.74, 6) is 0.395. The number of fused-ring (bicyclic) bond motifs is 1. The zero-order valence-electron chi connectivity index (χ0n) is 12.1. The minimum atomic E-state index is -0.424. The van der Waals surface area contributed by atoms with Crippen LogP contribution in [0.2, 0.25) is 0 Å². The number of anilines is 1. The van der Waals surface area contributed by atoms with Crippen molar-refractivity contribution in [2.24, 2.45) is 0 Å². The molecule has 1 aromatic heterocycles. The van der Waals surface area contributed by atoms with Gasteiger partial charge in [0.15, 0.2) is 0 Å². The van der Waals surface area contributed by atoms with Crippen molar-refractivity contribution in [3.8, 4) is 12.1 Å². The van der Waals surface area contributed by atoms with Crippen LogP contribution in [0.1, 0.15) is 0 Å². The van der Waals surface area contributed by atoms with Gasteiger partial charge in [0.1, 0.15) is 14.2 Å². The quantitative estimate of drug-likeness (QED) is 0.575. The molecular weight excluding hydrogens is 382 g/mol. The Labute approximate surface area is 157 Å². The van der Waals surface area contributed by atoms with E-state index in [0.29, 0.717) is 19.9 Å². The lowest BCUT2D eigenvalue weighted by atomic mass is 10.2. The highest BCUT2D eigenvalue weighted by Crippen LogP contribution is 2.27. The molecule has 0 bridgehead atoms. The van der Waals surface area contributed by atoms with Gasteiger partial charge < -0.3 is 4.42 Å². The van der Waals surface area contributed by atoms with Crippen LogP contribution in [0.5, 0.6) is 0 Å². The van der Waals surface area contributed by atoms with Crippen molar-refractivity contribution in [1.29, 1.82) is 10.5 Å². The second kappa shape index (κ2) is 8.81. The zero-order chi connectivity index (χ0) is 17.5. The van der Waals surface area contributed by atoms with Gasteiger partial charge in [-0.2, -0.15) is 10.5 Å². The molecule has 0 spiro atoms. The molecule has 2 aromatic rings. The molecule has 0 amide bonds. The second-order valence-corrected chi connectivity index (χ2v) is 7.46. The molecule has 0 saturated heterocycles. The SMILES string of the molecule is N#CCSC(=S)N(C(=S)SCC#N)c1ccc2oc(=O)ccc2c1. The van der Waals surface area contributed by atoms with Gasteiger partial charge in [0.2, 0.25) is 0 Å². The lowest BCUT2D eigenvalue weighted by molar-refractivity contribution is 0.561. The topological polar surface area (TPSA) is 81.0 Å². The third kappa shape index (κ3) is 4.56. The van der Waals surface area contributed by atoms with Crippen LogP contribution < -0.4 is 10.5 Å². The van der Waals surface area contributed by atoms with Crippen molar-refractivity contribution in [2.45, 2.75) is 0 Å². The smallest absolute Gasteiger partial charge is 0.336 e. The van der Waals surface area contributed by atoms with Gasteiger partial charge in [0, 0.05) is 17.1 Å². The molecule has 9 heteroatoms. The largest absolute Gasteiger partial charge is 0.423 e. The summed E-state index contributed by atoms with van der Waals surface area (Å²) in [5.41, 5.74) is 0.715. The van der Waals surface area contributed by atoms with Crippen LogP contribution in [0.3, 0.4) is 0 Å². The van der Waals surface area contributed by atoms with Crippen LogP contribution >= 0.6 is 48.0 Å². The Balaban J connectivity index is 2.42. The molecule has 0 N–H and O–H groups in total. The minimum absolute atomic E-state index is 0.198. The highest BCUT2D eigenvalue weighted by molar-refractivity contribution is 8.26. The van der Waals surface area contributed by atoms with Gasteiger partial charge in [0.05, 0.1) is 23.6 Å². The number of thioether (sulfide) groups is 2. The standard InChI is InChI=1S/C15H9N3O2S4/c16-5-7-23-14(21)18(15(22)24-8-6-17)11-2-3-12-10(9-11)1-4-13(19)20-12/h1-4,9H,7-8H2. The monoisotopic (exact) mass is 391 g/mol. The minimum Gasteiger partial charge on any atom is -0.423 e. The van der Waals surface area contributed by atoms with Crippen molar-refractivity contribution < 1.29 is 4.42 Å². The first-order chi connectivity index (χ1) is 11.6. The lowest BCUT2D eigenvalue weighted by Crippen LogP contribution is -2.31. The van der Waals surface area contributed by atoms with Gasteiger partial charge in [-0.25, -0.2) is 4.79 Å². The Morgan fingerprint density at radius 3 is 2.29 bits per heavy atom. The van der Waals surface area contributed by atoms with Crippen molar-refractivity contribution >= 4 is 73.3 Å². The fourth-order valence-electron chi connectivity index (χ4n) is 1.80. The lowest BCUT2D eigenvalue weighted by Gasteiger charge is -2.24. The summed E-state index contributed by atoms with van der Waals surface area (Å²) < 4.78 is 5.95. The predicted molar refractivity (Wildman–Crippen MR) is 106 cm³/mol. The first kappa shape index (κ1) is 18.4. The fraction of sp³-hybridized carbons (Fsp3) is 0.133. The predicted octanol–water partition coefficient (Wildman–Crippen LogP) is 3.68. The molecular formula is C15H9N3O2S4. The summed E-state index contributed by atoms with van der Waals surface area (Å²) in [7, 11) is 0. The average Bonchev–Trinajstić information content (AvgIpc) is 2.58. The maximum absolute atomic E-state index is 11.3. The van der Waals surface area contributed by atoms with Gasteiger partial charge >= 0.3 is 5.63 Å². The molecule has 0 unspecified atom stereocenters. The van der Waals surface area contributed by atoms with Crippen LogP contribution in [-0.4, -0.2) is 20.1 Å². The van der Waals surface area contributed by atoms with Crippen LogP contribution in [0.15, 0.2) is 39.5 Å². The summed E-state index contributed by atoms with van der Waals surface area (Å²) in [6.07, 6.45) is 0. The van der Waals surface area contributed by atoms with Crippen LogP contribution in [0, 0.1) is 22.7 Å². The first-order valence-electron chi connectivity index (χ1n) is 6.48. The Morgan fingerprint density at radius 2 is 1.71 bits per heavy atom. The van der Waals surface area contributed by atoms with E-state index in [1.807, 2.05) is 12.1 Å². The molecule has 0 aliphatic carbocycles. The second-order valence-electron chi connectivity index (χ2n) is 4.24. The molecule has 0 aliphatic heterocycles. The van der Waals surface area contributed by atoms with E-state index in [0.717, 1.165) is 5.39 Å². The van der Waals surface area contributed by atoms with E-state index in [4.69, 9.17) is 39.4 Å². The van der Waals surface area contributed by atoms with Gasteiger partial charge in [-0.15, -0.1) is 0 Å². The maximum Gasteiger partial charge on any atom is 0.336 e. The van der Waals surface area contributed by atoms with Gasteiger partial charge in [0.25, 0.3) is 0 Å². The van der Waals surface area contributed by atoms with E-state index in [-0.39, 0.29) is 11.5 Å². The van der Waals surface area contributed by atoms with E-state index in [2.05, 4.69) is 0 Å². The van der Waals surface area contributed by atoms with Crippen molar-refractivity contribution in [3.63, 3.8) is 0 Å². The molecule has 120 valence electrons. The number of nitriles is 2. The van der Waals surface area contributed by atoms with E-state index in [1.54, 1.807) is 29.2 Å². The van der Waals surface area contributed by atoms with E-state index in [1.165, 1.54) is 29.6 Å². The van der Waals surface area contributed by atoms with E-state index < -0.39 is 5.63 Å². The molecule has 0 atom stereocenters. The summed E-state index contributed by atoms with van der Waals surface area (Å²) in [5, 5.41) is 18.2. The molecule has 0 aliphatic rings. The summed E-state index contributed by atoms with van der Waals surface area (Å²) in [4.78, 5) is 12.9. The summed E-state index contributed by atoms with van der Waals surface area (Å²) in [6, 6.07) is 12.2. The molecule has 2 rings (SSSR count). The van der Waals surface area contributed by atoms with Crippen LogP contribution in [-0.2, 0) is 0 Å². The van der Waals surface area contributed by atoms with Crippen LogP contribution in [0.25, 0.3) is 11.0 Å².